The van der Waals surface area contributed by atoms with Gasteiger partial charge in [-0.05, 0) is 72.9 Å². The maximum Gasteiger partial charge on any atom is 0.264 e. The highest BCUT2D eigenvalue weighted by Crippen LogP contribution is 2.29. The SMILES string of the molecule is CCCCNC(=O)[C@H](Cc1ccccc1)N(Cc1cccc(Br)c1)C(=O)CN(c1cccc(C)c1C)S(=O)(=O)c1ccccc1. The maximum atomic E-state index is 14.6. The average Bonchev–Trinajstić information content (AvgIpc) is 3.04. The Morgan fingerprint density at radius 2 is 1.49 bits per heavy atom. The zero-order chi connectivity index (χ0) is 32.4. The number of amides is 2. The lowest BCUT2D eigenvalue weighted by Gasteiger charge is -2.34. The van der Waals surface area contributed by atoms with Gasteiger partial charge in [0.25, 0.3) is 10.0 Å². The van der Waals surface area contributed by atoms with E-state index in [0.29, 0.717) is 12.2 Å². The number of aryl methyl sites for hydroxylation is 1. The Bertz CT molecular complexity index is 1700. The van der Waals surface area contributed by atoms with Crippen molar-refractivity contribution in [2.24, 2.45) is 0 Å². The van der Waals surface area contributed by atoms with Crippen LogP contribution >= 0.6 is 15.9 Å². The highest BCUT2D eigenvalue weighted by Gasteiger charge is 2.35. The number of sulfonamides is 1. The van der Waals surface area contributed by atoms with Gasteiger partial charge in [0.1, 0.15) is 12.6 Å². The summed E-state index contributed by atoms with van der Waals surface area (Å²) in [5, 5.41) is 3.02. The number of carbonyl (C=O) groups excluding carboxylic acids is 2. The molecule has 0 heterocycles. The summed E-state index contributed by atoms with van der Waals surface area (Å²) >= 11 is 3.52. The second-order valence-corrected chi connectivity index (χ2v) is 13.8. The van der Waals surface area contributed by atoms with Gasteiger partial charge in [0.05, 0.1) is 10.6 Å². The molecule has 0 radical (unpaired) electrons. The topological polar surface area (TPSA) is 86.8 Å². The maximum absolute atomic E-state index is 14.6. The number of anilines is 1. The van der Waals surface area contributed by atoms with E-state index in [9.17, 15) is 18.0 Å². The molecule has 0 aliphatic carbocycles. The van der Waals surface area contributed by atoms with E-state index in [2.05, 4.69) is 21.2 Å². The van der Waals surface area contributed by atoms with Crippen molar-refractivity contribution < 1.29 is 18.0 Å². The van der Waals surface area contributed by atoms with Crippen LogP contribution in [0, 0.1) is 13.8 Å². The first-order valence-electron chi connectivity index (χ1n) is 15.1. The molecule has 7 nitrogen and oxygen atoms in total. The van der Waals surface area contributed by atoms with Gasteiger partial charge in [-0.2, -0.15) is 0 Å². The molecule has 4 aromatic carbocycles. The third-order valence-electron chi connectivity index (χ3n) is 7.80. The van der Waals surface area contributed by atoms with Gasteiger partial charge in [0.2, 0.25) is 11.8 Å². The molecule has 0 aromatic heterocycles. The molecular weight excluding hydrogens is 650 g/mol. The molecular formula is C36H40BrN3O4S. The van der Waals surface area contributed by atoms with Gasteiger partial charge in [-0.1, -0.05) is 102 Å². The van der Waals surface area contributed by atoms with Crippen LogP contribution in [0.4, 0.5) is 5.69 Å². The van der Waals surface area contributed by atoms with E-state index >= 15 is 0 Å². The van der Waals surface area contributed by atoms with Crippen LogP contribution in [-0.2, 0) is 32.6 Å². The number of nitrogens with one attached hydrogen (secondary N) is 1. The second-order valence-electron chi connectivity index (χ2n) is 11.0. The Balaban J connectivity index is 1.81. The zero-order valence-electron chi connectivity index (χ0n) is 25.9. The molecule has 1 atom stereocenters. The highest BCUT2D eigenvalue weighted by atomic mass is 79.9. The molecule has 0 aliphatic rings. The minimum atomic E-state index is -4.15. The fourth-order valence-electron chi connectivity index (χ4n) is 5.13. The molecule has 0 fully saturated rings. The van der Waals surface area contributed by atoms with Crippen LogP contribution in [0.5, 0.6) is 0 Å². The van der Waals surface area contributed by atoms with Crippen LogP contribution < -0.4 is 9.62 Å². The predicted octanol–water partition coefficient (Wildman–Crippen LogP) is 6.82. The smallest absolute Gasteiger partial charge is 0.264 e. The van der Waals surface area contributed by atoms with Gasteiger partial charge < -0.3 is 10.2 Å². The van der Waals surface area contributed by atoms with Gasteiger partial charge in [0.15, 0.2) is 0 Å². The molecule has 2 amide bonds. The first-order valence-corrected chi connectivity index (χ1v) is 17.3. The molecule has 45 heavy (non-hydrogen) atoms. The lowest BCUT2D eigenvalue weighted by molar-refractivity contribution is -0.140. The molecule has 4 aromatic rings. The molecule has 4 rings (SSSR count). The minimum Gasteiger partial charge on any atom is -0.354 e. The number of rotatable bonds is 14. The van der Waals surface area contributed by atoms with Gasteiger partial charge in [0, 0.05) is 24.0 Å². The summed E-state index contributed by atoms with van der Waals surface area (Å²) in [6.07, 6.45) is 1.99. The number of hydrogen-bond acceptors (Lipinski definition) is 4. The highest BCUT2D eigenvalue weighted by molar-refractivity contribution is 9.10. The molecule has 0 saturated carbocycles. The number of halogens is 1. The summed E-state index contributed by atoms with van der Waals surface area (Å²) in [7, 11) is -4.15. The third-order valence-corrected chi connectivity index (χ3v) is 10.1. The summed E-state index contributed by atoms with van der Waals surface area (Å²) in [6, 6.07) is 29.8. The molecule has 9 heteroatoms. The van der Waals surface area contributed by atoms with Crippen molar-refractivity contribution in [3.8, 4) is 0 Å². The van der Waals surface area contributed by atoms with Gasteiger partial charge >= 0.3 is 0 Å². The van der Waals surface area contributed by atoms with Crippen LogP contribution in [0.2, 0.25) is 0 Å². The normalized spacial score (nSPS) is 11.9. The summed E-state index contributed by atoms with van der Waals surface area (Å²) in [5.74, 6) is -0.762. The standard InChI is InChI=1S/C36H40BrN3O4S/c1-4-5-22-38-36(42)34(24-29-15-8-6-9-16-29)39(25-30-17-13-18-31(37)23-30)35(41)26-40(33-21-12-14-27(2)28(33)3)45(43,44)32-19-10-7-11-20-32/h6-21,23,34H,4-5,22,24-26H2,1-3H3,(H,38,42)/t34-/m0/s1. The van der Waals surface area contributed by atoms with E-state index in [0.717, 1.165) is 39.6 Å². The van der Waals surface area contributed by atoms with Gasteiger partial charge in [-0.3, -0.25) is 13.9 Å². The van der Waals surface area contributed by atoms with Crippen molar-refractivity contribution in [3.05, 3.63) is 130 Å². The van der Waals surface area contributed by atoms with Gasteiger partial charge in [-0.25, -0.2) is 8.42 Å². The van der Waals surface area contributed by atoms with E-state index in [1.807, 2.05) is 81.4 Å². The van der Waals surface area contributed by atoms with E-state index in [-0.39, 0.29) is 23.8 Å². The Hall–Kier alpha value is -3.95. The fraction of sp³-hybridized carbons (Fsp3) is 0.278. The molecule has 236 valence electrons. The number of carbonyl (C=O) groups is 2. The minimum absolute atomic E-state index is 0.0791. The Morgan fingerprint density at radius 3 is 2.16 bits per heavy atom. The van der Waals surface area contributed by atoms with Crippen molar-refractivity contribution >= 4 is 43.5 Å². The number of unbranched alkanes of at least 4 members (excludes halogenated alkanes) is 1. The van der Waals surface area contributed by atoms with E-state index in [1.54, 1.807) is 30.3 Å². The molecule has 1 N–H and O–H groups in total. The monoisotopic (exact) mass is 689 g/mol. The third kappa shape index (κ3) is 8.83. The number of nitrogens with zero attached hydrogens (tertiary/aromatic N) is 2. The van der Waals surface area contributed by atoms with E-state index < -0.39 is 28.5 Å². The van der Waals surface area contributed by atoms with Crippen molar-refractivity contribution in [3.63, 3.8) is 0 Å². The lowest BCUT2D eigenvalue weighted by atomic mass is 10.0. The fourth-order valence-corrected chi connectivity index (χ4v) is 7.07. The van der Waals surface area contributed by atoms with Crippen LogP contribution in [0.15, 0.2) is 112 Å². The Morgan fingerprint density at radius 1 is 0.844 bits per heavy atom. The van der Waals surface area contributed by atoms with Crippen LogP contribution in [0.25, 0.3) is 0 Å². The second kappa shape index (κ2) is 15.9. The van der Waals surface area contributed by atoms with Gasteiger partial charge in [-0.15, -0.1) is 0 Å². The number of benzene rings is 4. The quantitative estimate of drug-likeness (QED) is 0.147. The largest absolute Gasteiger partial charge is 0.354 e. The first kappa shape index (κ1) is 33.9. The van der Waals surface area contributed by atoms with Crippen LogP contribution in [0.1, 0.15) is 42.0 Å². The van der Waals surface area contributed by atoms with Crippen molar-refractivity contribution in [1.29, 1.82) is 0 Å². The summed E-state index contributed by atoms with van der Waals surface area (Å²) < 4.78 is 30.4. The Labute approximate surface area is 275 Å². The Kier molecular flexibility index (Phi) is 12.0. The summed E-state index contributed by atoms with van der Waals surface area (Å²) in [5.41, 5.74) is 3.77. The molecule has 0 bridgehead atoms. The summed E-state index contributed by atoms with van der Waals surface area (Å²) in [6.45, 7) is 5.92. The summed E-state index contributed by atoms with van der Waals surface area (Å²) in [4.78, 5) is 30.0. The predicted molar refractivity (Wildman–Crippen MR) is 183 cm³/mol. The molecule has 0 spiro atoms. The van der Waals surface area contributed by atoms with Crippen molar-refractivity contribution in [1.82, 2.24) is 10.2 Å². The van der Waals surface area contributed by atoms with Crippen LogP contribution in [0.3, 0.4) is 0 Å². The molecule has 0 aliphatic heterocycles. The lowest BCUT2D eigenvalue weighted by Crippen LogP contribution is -2.53. The number of hydrogen-bond donors (Lipinski definition) is 1. The zero-order valence-corrected chi connectivity index (χ0v) is 28.4. The first-order chi connectivity index (χ1) is 21.6. The molecule has 0 unspecified atom stereocenters. The van der Waals surface area contributed by atoms with Crippen LogP contribution in [-0.4, -0.2) is 44.3 Å². The van der Waals surface area contributed by atoms with Crippen molar-refractivity contribution in [2.75, 3.05) is 17.4 Å². The average molecular weight is 691 g/mol. The van der Waals surface area contributed by atoms with Crippen molar-refractivity contribution in [2.45, 2.75) is 57.5 Å². The molecule has 0 saturated heterocycles. The van der Waals surface area contributed by atoms with E-state index in [1.165, 1.54) is 21.3 Å². The van der Waals surface area contributed by atoms with E-state index in [4.69, 9.17) is 0 Å².